The number of hydrogen-bond acceptors (Lipinski definition) is 3. The number of halogens is 3. The van der Waals surface area contributed by atoms with E-state index in [4.69, 9.17) is 4.74 Å². The smallest absolute Gasteiger partial charge is 0.416 e. The van der Waals surface area contributed by atoms with Crippen LogP contribution in [0.3, 0.4) is 0 Å². The number of nitrogens with zero attached hydrogens (tertiary/aromatic N) is 2. The number of rotatable bonds is 6. The quantitative estimate of drug-likeness (QED) is 0.610. The molecule has 2 rings (SSSR count). The molecule has 0 spiro atoms. The topological polar surface area (TPSA) is 58.5 Å². The number of pyridine rings is 1. The third-order valence-electron chi connectivity index (χ3n) is 3.70. The van der Waals surface area contributed by atoms with E-state index in [9.17, 15) is 13.2 Å². The van der Waals surface area contributed by atoms with Crippen molar-refractivity contribution in [1.29, 1.82) is 0 Å². The van der Waals surface area contributed by atoms with E-state index in [0.717, 1.165) is 23.3 Å². The minimum atomic E-state index is -4.31. The summed E-state index contributed by atoms with van der Waals surface area (Å²) >= 11 is 0. The van der Waals surface area contributed by atoms with E-state index in [1.165, 1.54) is 12.1 Å². The van der Waals surface area contributed by atoms with Gasteiger partial charge in [0.15, 0.2) is 5.96 Å². The van der Waals surface area contributed by atoms with Crippen LogP contribution in [-0.2, 0) is 19.1 Å². The van der Waals surface area contributed by atoms with Gasteiger partial charge in [0.25, 0.3) is 0 Å². The number of nitrogens with one attached hydrogen (secondary N) is 2. The molecular formula is C18H21F3N4O. The van der Waals surface area contributed by atoms with Crippen LogP contribution in [0.15, 0.2) is 47.6 Å². The minimum Gasteiger partial charge on any atom is -0.481 e. The predicted octanol–water partition coefficient (Wildman–Crippen LogP) is 3.02. The van der Waals surface area contributed by atoms with Crippen molar-refractivity contribution in [2.45, 2.75) is 19.1 Å². The Hall–Kier alpha value is -2.77. The molecule has 1 aromatic carbocycles. The lowest BCUT2D eigenvalue weighted by Gasteiger charge is -2.13. The summed E-state index contributed by atoms with van der Waals surface area (Å²) in [6.45, 7) is 1.02. The molecule has 0 radical (unpaired) electrons. The molecule has 0 bridgehead atoms. The molecule has 0 unspecified atom stereocenters. The summed E-state index contributed by atoms with van der Waals surface area (Å²) < 4.78 is 42.8. The van der Waals surface area contributed by atoms with Gasteiger partial charge < -0.3 is 15.4 Å². The number of ether oxygens (including phenoxy) is 1. The fraction of sp³-hybridized carbons (Fsp3) is 0.333. The summed E-state index contributed by atoms with van der Waals surface area (Å²) in [6.07, 6.45) is -2.08. The average Bonchev–Trinajstić information content (AvgIpc) is 2.64. The molecule has 5 nitrogen and oxygen atoms in total. The van der Waals surface area contributed by atoms with Gasteiger partial charge in [-0.25, -0.2) is 4.98 Å². The van der Waals surface area contributed by atoms with Gasteiger partial charge in [0, 0.05) is 31.9 Å². The van der Waals surface area contributed by atoms with E-state index in [1.807, 2.05) is 12.1 Å². The fourth-order valence-electron chi connectivity index (χ4n) is 2.33. The monoisotopic (exact) mass is 366 g/mol. The van der Waals surface area contributed by atoms with Gasteiger partial charge in [0.05, 0.1) is 12.7 Å². The summed E-state index contributed by atoms with van der Waals surface area (Å²) in [7, 11) is 3.21. The number of aliphatic imine (C=N–C) groups is 1. The Balaban J connectivity index is 1.82. The van der Waals surface area contributed by atoms with E-state index in [0.29, 0.717) is 31.3 Å². The largest absolute Gasteiger partial charge is 0.481 e. The lowest BCUT2D eigenvalue weighted by molar-refractivity contribution is -0.137. The number of alkyl halides is 3. The molecule has 8 heteroatoms. The Bertz CT molecular complexity index is 730. The van der Waals surface area contributed by atoms with Gasteiger partial charge in [-0.15, -0.1) is 0 Å². The van der Waals surface area contributed by atoms with E-state index in [2.05, 4.69) is 20.6 Å². The highest BCUT2D eigenvalue weighted by atomic mass is 19.4. The van der Waals surface area contributed by atoms with Crippen molar-refractivity contribution < 1.29 is 17.9 Å². The highest BCUT2D eigenvalue weighted by Crippen LogP contribution is 2.29. The molecule has 140 valence electrons. The molecule has 0 fully saturated rings. The second kappa shape index (κ2) is 9.07. The van der Waals surface area contributed by atoms with Crippen LogP contribution in [0, 0.1) is 0 Å². The molecule has 1 aromatic heterocycles. The second-order valence-electron chi connectivity index (χ2n) is 5.47. The Morgan fingerprint density at radius 1 is 1.15 bits per heavy atom. The van der Waals surface area contributed by atoms with Crippen molar-refractivity contribution in [3.63, 3.8) is 0 Å². The van der Waals surface area contributed by atoms with Crippen LogP contribution in [0.2, 0.25) is 0 Å². The van der Waals surface area contributed by atoms with Gasteiger partial charge in [-0.1, -0.05) is 18.2 Å². The Labute approximate surface area is 150 Å². The molecule has 0 atom stereocenters. The van der Waals surface area contributed by atoms with Gasteiger partial charge in [0.1, 0.15) is 0 Å². The number of benzene rings is 1. The molecule has 2 aromatic rings. The lowest BCUT2D eigenvalue weighted by atomic mass is 10.1. The number of methoxy groups -OCH3 is 1. The summed E-state index contributed by atoms with van der Waals surface area (Å²) in [4.78, 5) is 8.25. The minimum absolute atomic E-state index is 0.483. The zero-order valence-electron chi connectivity index (χ0n) is 14.6. The molecule has 26 heavy (non-hydrogen) atoms. The van der Waals surface area contributed by atoms with Crippen LogP contribution >= 0.6 is 0 Å². The van der Waals surface area contributed by atoms with Gasteiger partial charge in [-0.2, -0.15) is 13.2 Å². The van der Waals surface area contributed by atoms with Crippen LogP contribution in [0.4, 0.5) is 13.2 Å². The van der Waals surface area contributed by atoms with E-state index >= 15 is 0 Å². The summed E-state index contributed by atoms with van der Waals surface area (Å²) in [6, 6.07) is 8.88. The van der Waals surface area contributed by atoms with Crippen molar-refractivity contribution in [3.8, 4) is 5.88 Å². The van der Waals surface area contributed by atoms with Gasteiger partial charge in [-0.05, 0) is 30.2 Å². The Morgan fingerprint density at radius 2 is 1.88 bits per heavy atom. The summed E-state index contributed by atoms with van der Waals surface area (Å²) in [5, 5.41) is 6.27. The first-order chi connectivity index (χ1) is 12.4. The van der Waals surface area contributed by atoms with Crippen molar-refractivity contribution in [2.75, 3.05) is 20.7 Å². The number of aromatic nitrogens is 1. The lowest BCUT2D eigenvalue weighted by Crippen LogP contribution is -2.37. The molecular weight excluding hydrogens is 345 g/mol. The normalized spacial score (nSPS) is 12.0. The Morgan fingerprint density at radius 3 is 2.50 bits per heavy atom. The van der Waals surface area contributed by atoms with E-state index in [-0.39, 0.29) is 0 Å². The van der Waals surface area contributed by atoms with Crippen molar-refractivity contribution in [2.24, 2.45) is 4.99 Å². The first-order valence-electron chi connectivity index (χ1n) is 8.02. The second-order valence-corrected chi connectivity index (χ2v) is 5.47. The predicted molar refractivity (Wildman–Crippen MR) is 94.1 cm³/mol. The first-order valence-corrected chi connectivity index (χ1v) is 8.02. The van der Waals surface area contributed by atoms with Gasteiger partial charge >= 0.3 is 6.18 Å². The van der Waals surface area contributed by atoms with E-state index in [1.54, 1.807) is 20.4 Å². The van der Waals surface area contributed by atoms with E-state index < -0.39 is 11.7 Å². The molecule has 1 heterocycles. The van der Waals surface area contributed by atoms with Crippen molar-refractivity contribution in [1.82, 2.24) is 15.6 Å². The molecule has 0 aliphatic rings. The maximum atomic E-state index is 12.6. The highest BCUT2D eigenvalue weighted by Gasteiger charge is 2.29. The zero-order chi connectivity index (χ0) is 19.0. The zero-order valence-corrected chi connectivity index (χ0v) is 14.6. The van der Waals surface area contributed by atoms with Crippen molar-refractivity contribution >= 4 is 5.96 Å². The number of hydrogen-bond donors (Lipinski definition) is 2. The maximum Gasteiger partial charge on any atom is 0.416 e. The Kier molecular flexibility index (Phi) is 6.82. The SMILES string of the molecule is CN=C(NCCc1ccc(C(F)(F)F)cc1)NCc1cccnc1OC. The van der Waals surface area contributed by atoms with Crippen LogP contribution in [0.25, 0.3) is 0 Å². The third kappa shape index (κ3) is 5.65. The van der Waals surface area contributed by atoms with Crippen LogP contribution < -0.4 is 15.4 Å². The van der Waals surface area contributed by atoms with Crippen LogP contribution in [0.1, 0.15) is 16.7 Å². The van der Waals surface area contributed by atoms with Gasteiger partial charge in [0.2, 0.25) is 5.88 Å². The average molecular weight is 366 g/mol. The van der Waals surface area contributed by atoms with Crippen LogP contribution in [0.5, 0.6) is 5.88 Å². The highest BCUT2D eigenvalue weighted by molar-refractivity contribution is 5.79. The molecule has 0 aliphatic heterocycles. The third-order valence-corrected chi connectivity index (χ3v) is 3.70. The molecule has 0 saturated carbocycles. The standard InChI is InChI=1S/C18H21F3N4O/c1-22-17(25-12-14-4-3-10-23-16(14)26-2)24-11-9-13-5-7-15(8-6-13)18(19,20)21/h3-8,10H,9,11-12H2,1-2H3,(H2,22,24,25). The molecule has 0 amide bonds. The molecule has 0 aliphatic carbocycles. The first kappa shape index (κ1) is 19.6. The summed E-state index contributed by atoms with van der Waals surface area (Å²) in [5.74, 6) is 1.13. The van der Waals surface area contributed by atoms with Crippen molar-refractivity contribution in [3.05, 3.63) is 59.3 Å². The fourth-order valence-corrected chi connectivity index (χ4v) is 2.33. The van der Waals surface area contributed by atoms with Gasteiger partial charge in [-0.3, -0.25) is 4.99 Å². The summed E-state index contributed by atoms with van der Waals surface area (Å²) in [5.41, 5.74) is 1.06. The molecule has 2 N–H and O–H groups in total. The van der Waals surface area contributed by atoms with Crippen LogP contribution in [-0.4, -0.2) is 31.6 Å². The maximum absolute atomic E-state index is 12.6. The molecule has 0 saturated heterocycles. The number of guanidine groups is 1.